The highest BCUT2D eigenvalue weighted by molar-refractivity contribution is 5.95. The van der Waals surface area contributed by atoms with Gasteiger partial charge in [-0.15, -0.1) is 0 Å². The fourth-order valence-electron chi connectivity index (χ4n) is 0.705. The second-order valence-electron chi connectivity index (χ2n) is 2.51. The number of aliphatic imine (C=N–C) groups is 1. The summed E-state index contributed by atoms with van der Waals surface area (Å²) in [4.78, 5) is 4.40. The van der Waals surface area contributed by atoms with Gasteiger partial charge in [0.15, 0.2) is 0 Å². The van der Waals surface area contributed by atoms with Gasteiger partial charge < -0.3 is 5.32 Å². The minimum atomic E-state index is 0.962. The highest BCUT2D eigenvalue weighted by atomic mass is 14.8. The van der Waals surface area contributed by atoms with E-state index >= 15 is 0 Å². The Hall–Kier alpha value is -1.05. The largest absolute Gasteiger partial charge is 0.394 e. The van der Waals surface area contributed by atoms with Gasteiger partial charge in [-0.05, 0) is 32.5 Å². The van der Waals surface area contributed by atoms with Crippen LogP contribution in [0.25, 0.3) is 0 Å². The van der Waals surface area contributed by atoms with Crippen LogP contribution >= 0.6 is 0 Å². The number of rotatable bonds is 4. The minimum absolute atomic E-state index is 0.962. The van der Waals surface area contributed by atoms with Gasteiger partial charge in [0.2, 0.25) is 0 Å². The molecule has 2 heteroatoms. The molecule has 12 heavy (non-hydrogen) atoms. The molecule has 0 aromatic carbocycles. The molecular formula is C10H18N2. The van der Waals surface area contributed by atoms with Crippen molar-refractivity contribution in [1.29, 1.82) is 0 Å². The molecule has 68 valence electrons. The third-order valence-corrected chi connectivity index (χ3v) is 1.54. The Labute approximate surface area is 75.1 Å². The quantitative estimate of drug-likeness (QED) is 0.637. The van der Waals surface area contributed by atoms with E-state index < -0.39 is 0 Å². The SMILES string of the molecule is C\C=C(C)/N=C(/C=C\NC)CC. The number of allylic oxidation sites excluding steroid dienone is 3. The third-order valence-electron chi connectivity index (χ3n) is 1.54. The lowest BCUT2D eigenvalue weighted by Gasteiger charge is -1.96. The molecule has 0 atom stereocenters. The summed E-state index contributed by atoms with van der Waals surface area (Å²) in [5.41, 5.74) is 2.16. The van der Waals surface area contributed by atoms with Gasteiger partial charge in [0, 0.05) is 18.5 Å². The van der Waals surface area contributed by atoms with E-state index in [1.54, 1.807) is 0 Å². The lowest BCUT2D eigenvalue weighted by atomic mass is 10.3. The smallest absolute Gasteiger partial charge is 0.0418 e. The molecular weight excluding hydrogens is 148 g/mol. The van der Waals surface area contributed by atoms with E-state index in [0.29, 0.717) is 0 Å². The molecule has 0 unspecified atom stereocenters. The highest BCUT2D eigenvalue weighted by Gasteiger charge is 1.88. The van der Waals surface area contributed by atoms with Gasteiger partial charge in [-0.2, -0.15) is 0 Å². The molecule has 2 nitrogen and oxygen atoms in total. The first kappa shape index (κ1) is 11.0. The Morgan fingerprint density at radius 3 is 2.58 bits per heavy atom. The van der Waals surface area contributed by atoms with E-state index in [4.69, 9.17) is 0 Å². The van der Waals surface area contributed by atoms with Crippen LogP contribution in [0.15, 0.2) is 29.0 Å². The number of nitrogens with one attached hydrogen (secondary N) is 1. The summed E-state index contributed by atoms with van der Waals surface area (Å²) < 4.78 is 0. The summed E-state index contributed by atoms with van der Waals surface area (Å²) in [5.74, 6) is 0. The van der Waals surface area contributed by atoms with Gasteiger partial charge in [-0.3, -0.25) is 4.99 Å². The average molecular weight is 166 g/mol. The maximum atomic E-state index is 4.40. The van der Waals surface area contributed by atoms with Crippen LogP contribution in [0.4, 0.5) is 0 Å². The van der Waals surface area contributed by atoms with Crippen LogP contribution in [-0.2, 0) is 0 Å². The lowest BCUT2D eigenvalue weighted by molar-refractivity contribution is 1.10. The van der Waals surface area contributed by atoms with Crippen molar-refractivity contribution in [2.24, 2.45) is 4.99 Å². The summed E-state index contributed by atoms with van der Waals surface area (Å²) in [6, 6.07) is 0. The molecule has 0 bridgehead atoms. The molecule has 0 amide bonds. The topological polar surface area (TPSA) is 24.4 Å². The predicted octanol–water partition coefficient (Wildman–Crippen LogP) is 2.49. The zero-order valence-electron chi connectivity index (χ0n) is 8.39. The van der Waals surface area contributed by atoms with Crippen LogP contribution in [0.2, 0.25) is 0 Å². The Morgan fingerprint density at radius 2 is 2.17 bits per heavy atom. The Kier molecular flexibility index (Phi) is 6.07. The van der Waals surface area contributed by atoms with Crippen molar-refractivity contribution in [2.75, 3.05) is 7.05 Å². The van der Waals surface area contributed by atoms with Crippen LogP contribution in [-0.4, -0.2) is 12.8 Å². The van der Waals surface area contributed by atoms with Gasteiger partial charge in [0.05, 0.1) is 0 Å². The van der Waals surface area contributed by atoms with Gasteiger partial charge in [-0.1, -0.05) is 13.0 Å². The first-order valence-electron chi connectivity index (χ1n) is 4.28. The molecule has 0 aliphatic heterocycles. The maximum absolute atomic E-state index is 4.40. The van der Waals surface area contributed by atoms with E-state index in [-0.39, 0.29) is 0 Å². The van der Waals surface area contributed by atoms with E-state index in [2.05, 4.69) is 17.2 Å². The van der Waals surface area contributed by atoms with Crippen molar-refractivity contribution >= 4 is 5.71 Å². The molecule has 0 aliphatic carbocycles. The molecule has 0 fully saturated rings. The molecule has 1 N–H and O–H groups in total. The van der Waals surface area contributed by atoms with Gasteiger partial charge in [0.25, 0.3) is 0 Å². The minimum Gasteiger partial charge on any atom is -0.394 e. The number of nitrogens with zero attached hydrogens (tertiary/aromatic N) is 1. The fraction of sp³-hybridized carbons (Fsp3) is 0.500. The zero-order valence-corrected chi connectivity index (χ0v) is 8.39. The van der Waals surface area contributed by atoms with Crippen LogP contribution in [0.5, 0.6) is 0 Å². The van der Waals surface area contributed by atoms with Crippen molar-refractivity contribution in [3.63, 3.8) is 0 Å². The molecule has 0 aliphatic rings. The van der Waals surface area contributed by atoms with Crippen molar-refractivity contribution in [3.05, 3.63) is 24.0 Å². The second kappa shape index (κ2) is 6.65. The Morgan fingerprint density at radius 1 is 1.50 bits per heavy atom. The van der Waals surface area contributed by atoms with Gasteiger partial charge in [0.1, 0.15) is 0 Å². The average Bonchev–Trinajstić information content (AvgIpc) is 2.11. The molecule has 0 radical (unpaired) electrons. The Bertz CT molecular complexity index is 200. The first-order chi connectivity index (χ1) is 5.74. The van der Waals surface area contributed by atoms with Crippen molar-refractivity contribution in [2.45, 2.75) is 27.2 Å². The summed E-state index contributed by atoms with van der Waals surface area (Å²) in [6.07, 6.45) is 6.85. The second-order valence-corrected chi connectivity index (χ2v) is 2.51. The molecule has 0 heterocycles. The fourth-order valence-corrected chi connectivity index (χ4v) is 0.705. The third kappa shape index (κ3) is 4.72. The number of hydrogen-bond acceptors (Lipinski definition) is 2. The molecule has 0 spiro atoms. The summed E-state index contributed by atoms with van der Waals surface area (Å²) in [7, 11) is 1.88. The van der Waals surface area contributed by atoms with E-state index in [1.165, 1.54) is 0 Å². The molecule has 0 saturated carbocycles. The summed E-state index contributed by atoms with van der Waals surface area (Å²) in [5, 5.41) is 2.94. The number of hydrogen-bond donors (Lipinski definition) is 1. The molecule has 0 saturated heterocycles. The van der Waals surface area contributed by atoms with Crippen molar-refractivity contribution < 1.29 is 0 Å². The van der Waals surface area contributed by atoms with Crippen molar-refractivity contribution in [1.82, 2.24) is 5.32 Å². The van der Waals surface area contributed by atoms with Crippen LogP contribution in [0, 0.1) is 0 Å². The van der Waals surface area contributed by atoms with Crippen molar-refractivity contribution in [3.8, 4) is 0 Å². The van der Waals surface area contributed by atoms with Crippen LogP contribution in [0.1, 0.15) is 27.2 Å². The highest BCUT2D eigenvalue weighted by Crippen LogP contribution is 1.98. The normalized spacial score (nSPS) is 14.0. The van der Waals surface area contributed by atoms with Gasteiger partial charge in [-0.25, -0.2) is 0 Å². The molecule has 0 aromatic rings. The molecule has 0 aromatic heterocycles. The van der Waals surface area contributed by atoms with E-state index in [1.807, 2.05) is 39.2 Å². The van der Waals surface area contributed by atoms with E-state index in [0.717, 1.165) is 17.8 Å². The predicted molar refractivity (Wildman–Crippen MR) is 55.4 cm³/mol. The lowest BCUT2D eigenvalue weighted by Crippen LogP contribution is -1.97. The Balaban J connectivity index is 4.33. The molecule has 0 rings (SSSR count). The van der Waals surface area contributed by atoms with Gasteiger partial charge >= 0.3 is 0 Å². The summed E-state index contributed by atoms with van der Waals surface area (Å²) in [6.45, 7) is 6.10. The maximum Gasteiger partial charge on any atom is 0.0418 e. The standard InChI is InChI=1S/C10H18N2/c1-5-9(3)12-10(6-2)7-8-11-4/h5,7-8,11H,6H2,1-4H3/b8-7-,9-5-,12-10+. The van der Waals surface area contributed by atoms with Crippen LogP contribution in [0.3, 0.4) is 0 Å². The first-order valence-corrected chi connectivity index (χ1v) is 4.28. The zero-order chi connectivity index (χ0) is 9.40. The monoisotopic (exact) mass is 166 g/mol. The summed E-state index contributed by atoms with van der Waals surface area (Å²) >= 11 is 0. The van der Waals surface area contributed by atoms with Crippen LogP contribution < -0.4 is 5.32 Å². The van der Waals surface area contributed by atoms with E-state index in [9.17, 15) is 0 Å².